The maximum atomic E-state index is 12.5. The number of carbonyl (C=O) groups is 1. The molecule has 150 valence electrons. The summed E-state index contributed by atoms with van der Waals surface area (Å²) in [5.74, 6) is 0.551. The molecule has 0 unspecified atom stereocenters. The summed E-state index contributed by atoms with van der Waals surface area (Å²) >= 11 is 0. The Morgan fingerprint density at radius 1 is 1.14 bits per heavy atom. The van der Waals surface area contributed by atoms with Crippen LogP contribution < -0.4 is 10.1 Å². The maximum Gasteiger partial charge on any atom is 0.410 e. The number of carbonyl (C=O) groups excluding carboxylic acids is 1. The summed E-state index contributed by atoms with van der Waals surface area (Å²) in [6, 6.07) is 15.6. The van der Waals surface area contributed by atoms with Crippen LogP contribution in [0.1, 0.15) is 5.56 Å². The van der Waals surface area contributed by atoms with Crippen molar-refractivity contribution in [2.45, 2.75) is 17.5 Å². The molecule has 1 atom stereocenters. The Balaban J connectivity index is 1.56. The van der Waals surface area contributed by atoms with Gasteiger partial charge in [0, 0.05) is 25.9 Å². The van der Waals surface area contributed by atoms with Crippen LogP contribution in [-0.2, 0) is 21.2 Å². The zero-order valence-corrected chi connectivity index (χ0v) is 16.5. The average Bonchev–Trinajstić information content (AvgIpc) is 2.71. The van der Waals surface area contributed by atoms with Crippen molar-refractivity contribution in [2.24, 2.45) is 0 Å². The highest BCUT2D eigenvalue weighted by Gasteiger charge is 2.28. The Hall–Kier alpha value is -2.58. The number of piperazine rings is 1. The molecule has 2 aromatic rings. The molecule has 1 heterocycles. The largest absolute Gasteiger partial charge is 0.491 e. The quantitative estimate of drug-likeness (QED) is 0.794. The van der Waals surface area contributed by atoms with Crippen LogP contribution in [0.4, 0.5) is 4.79 Å². The Morgan fingerprint density at radius 3 is 2.54 bits per heavy atom. The molecular formula is C20H24N2O5S. The van der Waals surface area contributed by atoms with Gasteiger partial charge in [-0.2, -0.15) is 0 Å². The molecule has 7 nitrogen and oxygen atoms in total. The van der Waals surface area contributed by atoms with Gasteiger partial charge in [0.05, 0.1) is 10.9 Å². The molecule has 0 aromatic heterocycles. The normalized spacial score (nSPS) is 17.2. The van der Waals surface area contributed by atoms with Gasteiger partial charge in [0.15, 0.2) is 9.84 Å². The second kappa shape index (κ2) is 9.07. The van der Waals surface area contributed by atoms with E-state index in [0.29, 0.717) is 25.4 Å². The predicted molar refractivity (Wildman–Crippen MR) is 105 cm³/mol. The number of hydrogen-bond donors (Lipinski definition) is 1. The lowest BCUT2D eigenvalue weighted by Crippen LogP contribution is -2.56. The van der Waals surface area contributed by atoms with Gasteiger partial charge in [0.2, 0.25) is 0 Å². The summed E-state index contributed by atoms with van der Waals surface area (Å²) in [5.41, 5.74) is 0.935. The molecule has 0 bridgehead atoms. The molecule has 0 aliphatic carbocycles. The highest BCUT2D eigenvalue weighted by molar-refractivity contribution is 7.90. The summed E-state index contributed by atoms with van der Waals surface area (Å²) < 4.78 is 34.3. The molecule has 2 aromatic carbocycles. The van der Waals surface area contributed by atoms with Gasteiger partial charge in [0.25, 0.3) is 0 Å². The number of rotatable bonds is 6. The first-order valence-electron chi connectivity index (χ1n) is 9.04. The SMILES string of the molecule is CS(=O)(=O)c1ccc(OC[C@@H]2CNCCN2C(=O)OCc2ccccc2)cc1. The smallest absolute Gasteiger partial charge is 0.410 e. The number of amides is 1. The monoisotopic (exact) mass is 404 g/mol. The van der Waals surface area contributed by atoms with Gasteiger partial charge in [0.1, 0.15) is 19.0 Å². The molecule has 1 amide bonds. The minimum atomic E-state index is -3.24. The van der Waals surface area contributed by atoms with Crippen molar-refractivity contribution in [1.29, 1.82) is 0 Å². The van der Waals surface area contributed by atoms with Crippen LogP contribution in [0.3, 0.4) is 0 Å². The van der Waals surface area contributed by atoms with Crippen molar-refractivity contribution in [3.63, 3.8) is 0 Å². The predicted octanol–water partition coefficient (Wildman–Crippen LogP) is 2.08. The van der Waals surface area contributed by atoms with Crippen molar-refractivity contribution in [2.75, 3.05) is 32.5 Å². The first-order valence-corrected chi connectivity index (χ1v) is 10.9. The standard InChI is InChI=1S/C20H24N2O5S/c1-28(24,25)19-9-7-18(8-10-19)26-15-17-13-21-11-12-22(17)20(23)27-14-16-5-3-2-4-6-16/h2-10,17,21H,11-15H2,1H3/t17-/m0/s1. The molecular weight excluding hydrogens is 380 g/mol. The van der Waals surface area contributed by atoms with E-state index in [1.54, 1.807) is 17.0 Å². The summed E-state index contributed by atoms with van der Waals surface area (Å²) in [6.45, 7) is 2.34. The summed E-state index contributed by atoms with van der Waals surface area (Å²) in [7, 11) is -3.24. The van der Waals surface area contributed by atoms with E-state index in [1.807, 2.05) is 30.3 Å². The summed E-state index contributed by atoms with van der Waals surface area (Å²) in [5, 5.41) is 3.25. The molecule has 1 saturated heterocycles. The Morgan fingerprint density at radius 2 is 1.86 bits per heavy atom. The molecule has 8 heteroatoms. The van der Waals surface area contributed by atoms with E-state index in [4.69, 9.17) is 9.47 Å². The number of ether oxygens (including phenoxy) is 2. The molecule has 3 rings (SSSR count). The van der Waals surface area contributed by atoms with Crippen molar-refractivity contribution in [3.05, 3.63) is 60.2 Å². The van der Waals surface area contributed by atoms with Gasteiger partial charge in [-0.1, -0.05) is 30.3 Å². The molecule has 1 aliphatic heterocycles. The fraction of sp³-hybridized carbons (Fsp3) is 0.350. The molecule has 1 fully saturated rings. The van der Waals surface area contributed by atoms with Crippen molar-refractivity contribution in [3.8, 4) is 5.75 Å². The van der Waals surface area contributed by atoms with Gasteiger partial charge in [-0.3, -0.25) is 4.90 Å². The lowest BCUT2D eigenvalue weighted by molar-refractivity contribution is 0.0587. The number of sulfone groups is 1. The number of hydrogen-bond acceptors (Lipinski definition) is 6. The average molecular weight is 404 g/mol. The van der Waals surface area contributed by atoms with E-state index >= 15 is 0 Å². The Bertz CT molecular complexity index is 885. The molecule has 28 heavy (non-hydrogen) atoms. The van der Waals surface area contributed by atoms with Gasteiger partial charge >= 0.3 is 6.09 Å². The molecule has 1 aliphatic rings. The van der Waals surface area contributed by atoms with E-state index in [1.165, 1.54) is 12.1 Å². The second-order valence-electron chi connectivity index (χ2n) is 6.65. The van der Waals surface area contributed by atoms with Crippen molar-refractivity contribution >= 4 is 15.9 Å². The van der Waals surface area contributed by atoms with E-state index in [0.717, 1.165) is 11.8 Å². The maximum absolute atomic E-state index is 12.5. The Labute approximate surface area is 165 Å². The first kappa shape index (κ1) is 20.2. The summed E-state index contributed by atoms with van der Waals surface area (Å²) in [4.78, 5) is 14.4. The van der Waals surface area contributed by atoms with Gasteiger partial charge in [-0.05, 0) is 29.8 Å². The fourth-order valence-electron chi connectivity index (χ4n) is 2.93. The van der Waals surface area contributed by atoms with Gasteiger partial charge < -0.3 is 14.8 Å². The third-order valence-electron chi connectivity index (χ3n) is 4.48. The minimum Gasteiger partial charge on any atom is -0.491 e. The lowest BCUT2D eigenvalue weighted by atomic mass is 10.2. The molecule has 1 N–H and O–H groups in total. The number of nitrogens with one attached hydrogen (secondary N) is 1. The topological polar surface area (TPSA) is 84.9 Å². The van der Waals surface area contributed by atoms with Crippen LogP contribution in [0.25, 0.3) is 0 Å². The van der Waals surface area contributed by atoms with Crippen LogP contribution in [0, 0.1) is 0 Å². The van der Waals surface area contributed by atoms with Crippen molar-refractivity contribution < 1.29 is 22.7 Å². The molecule has 0 saturated carbocycles. The van der Waals surface area contributed by atoms with Crippen molar-refractivity contribution in [1.82, 2.24) is 10.2 Å². The highest BCUT2D eigenvalue weighted by Crippen LogP contribution is 2.17. The first-order chi connectivity index (χ1) is 13.4. The number of nitrogens with zero attached hydrogens (tertiary/aromatic N) is 1. The molecule has 0 spiro atoms. The van der Waals surface area contributed by atoms with E-state index in [9.17, 15) is 13.2 Å². The second-order valence-corrected chi connectivity index (χ2v) is 8.66. The van der Waals surface area contributed by atoms with Crippen LogP contribution in [-0.4, -0.2) is 57.9 Å². The Kier molecular flexibility index (Phi) is 6.53. The zero-order valence-electron chi connectivity index (χ0n) is 15.7. The lowest BCUT2D eigenvalue weighted by Gasteiger charge is -2.35. The minimum absolute atomic E-state index is 0.174. The third kappa shape index (κ3) is 5.46. The van der Waals surface area contributed by atoms with E-state index in [2.05, 4.69) is 5.32 Å². The summed E-state index contributed by atoms with van der Waals surface area (Å²) in [6.07, 6.45) is 0.793. The van der Waals surface area contributed by atoms with Crippen LogP contribution in [0.2, 0.25) is 0 Å². The van der Waals surface area contributed by atoms with E-state index < -0.39 is 9.84 Å². The van der Waals surface area contributed by atoms with Crippen LogP contribution in [0.15, 0.2) is 59.5 Å². The van der Waals surface area contributed by atoms with Gasteiger partial charge in [-0.15, -0.1) is 0 Å². The van der Waals surface area contributed by atoms with Crippen LogP contribution in [0.5, 0.6) is 5.75 Å². The van der Waals surface area contributed by atoms with Gasteiger partial charge in [-0.25, -0.2) is 13.2 Å². The molecule has 0 radical (unpaired) electrons. The fourth-order valence-corrected chi connectivity index (χ4v) is 3.56. The van der Waals surface area contributed by atoms with E-state index in [-0.39, 0.29) is 30.2 Å². The highest BCUT2D eigenvalue weighted by atomic mass is 32.2. The third-order valence-corrected chi connectivity index (χ3v) is 5.61. The number of benzene rings is 2. The zero-order chi connectivity index (χ0) is 20.0. The van der Waals surface area contributed by atoms with Crippen LogP contribution >= 0.6 is 0 Å².